The van der Waals surface area contributed by atoms with E-state index < -0.39 is 0 Å². The van der Waals surface area contributed by atoms with Crippen LogP contribution in [0.5, 0.6) is 0 Å². The Labute approximate surface area is 108 Å². The van der Waals surface area contributed by atoms with Gasteiger partial charge in [-0.05, 0) is 24.3 Å². The molecule has 0 aliphatic rings. The van der Waals surface area contributed by atoms with Gasteiger partial charge in [-0.3, -0.25) is 4.79 Å². The van der Waals surface area contributed by atoms with Crippen LogP contribution in [0.1, 0.15) is 16.8 Å². The van der Waals surface area contributed by atoms with Crippen molar-refractivity contribution in [1.29, 1.82) is 0 Å². The first-order valence-electron chi connectivity index (χ1n) is 4.98. The van der Waals surface area contributed by atoms with Gasteiger partial charge in [-0.15, -0.1) is 0 Å². The number of carbonyl (C=O) groups excluding carboxylic acids is 1. The normalized spacial score (nSPS) is 10.8. The SMILES string of the molecule is C[N+](C)(C)CCC(=O)c1ccc(Cl)cc1.[Cl-]. The summed E-state index contributed by atoms with van der Waals surface area (Å²) in [5.74, 6) is 0.180. The molecular formula is C12H17Cl2NO. The Morgan fingerprint density at radius 1 is 1.19 bits per heavy atom. The number of nitrogens with zero attached hydrogens (tertiary/aromatic N) is 1. The fourth-order valence-corrected chi connectivity index (χ4v) is 1.34. The zero-order valence-corrected chi connectivity index (χ0v) is 11.3. The Morgan fingerprint density at radius 2 is 1.69 bits per heavy atom. The summed E-state index contributed by atoms with van der Waals surface area (Å²) < 4.78 is 0.805. The monoisotopic (exact) mass is 261 g/mol. The Balaban J connectivity index is 0.00000225. The number of hydrogen-bond acceptors (Lipinski definition) is 1. The van der Waals surface area contributed by atoms with E-state index in [-0.39, 0.29) is 18.2 Å². The van der Waals surface area contributed by atoms with Crippen molar-refractivity contribution in [2.75, 3.05) is 27.7 Å². The second-order valence-electron chi connectivity index (χ2n) is 4.69. The van der Waals surface area contributed by atoms with Crippen LogP contribution < -0.4 is 12.4 Å². The zero-order valence-electron chi connectivity index (χ0n) is 9.84. The lowest BCUT2D eigenvalue weighted by Crippen LogP contribution is -3.00. The highest BCUT2D eigenvalue weighted by Gasteiger charge is 2.12. The molecule has 0 aromatic heterocycles. The molecule has 0 bridgehead atoms. The summed E-state index contributed by atoms with van der Waals surface area (Å²) in [6.07, 6.45) is 0.575. The van der Waals surface area contributed by atoms with Gasteiger partial charge in [-0.1, -0.05) is 11.6 Å². The van der Waals surface area contributed by atoms with Crippen LogP contribution in [0.15, 0.2) is 24.3 Å². The van der Waals surface area contributed by atoms with Crippen molar-refractivity contribution >= 4 is 17.4 Å². The molecule has 1 aromatic rings. The summed E-state index contributed by atoms with van der Waals surface area (Å²) in [4.78, 5) is 11.7. The highest BCUT2D eigenvalue weighted by Crippen LogP contribution is 2.11. The molecule has 0 unspecified atom stereocenters. The molecule has 0 fully saturated rings. The van der Waals surface area contributed by atoms with E-state index >= 15 is 0 Å². The quantitative estimate of drug-likeness (QED) is 0.534. The maximum atomic E-state index is 11.7. The molecule has 0 saturated heterocycles. The lowest BCUT2D eigenvalue weighted by molar-refractivity contribution is -0.869. The number of Topliss-reactive ketones (excluding diaryl/α,β-unsaturated/α-hetero) is 1. The molecule has 1 rings (SSSR count). The second-order valence-corrected chi connectivity index (χ2v) is 5.13. The maximum absolute atomic E-state index is 11.7. The van der Waals surface area contributed by atoms with Crippen LogP contribution in [-0.4, -0.2) is 38.0 Å². The lowest BCUT2D eigenvalue weighted by Gasteiger charge is -2.23. The molecule has 0 heterocycles. The fourth-order valence-electron chi connectivity index (χ4n) is 1.22. The van der Waals surface area contributed by atoms with E-state index in [1.807, 2.05) is 0 Å². The molecule has 90 valence electrons. The number of halogens is 2. The van der Waals surface area contributed by atoms with Gasteiger partial charge in [0.1, 0.15) is 0 Å². The molecule has 0 aliphatic carbocycles. The first-order chi connectivity index (χ1) is 6.88. The maximum Gasteiger partial charge on any atom is 0.168 e. The zero-order chi connectivity index (χ0) is 11.5. The van der Waals surface area contributed by atoms with E-state index in [4.69, 9.17) is 11.6 Å². The van der Waals surface area contributed by atoms with Crippen molar-refractivity contribution < 1.29 is 21.7 Å². The van der Waals surface area contributed by atoms with Crippen LogP contribution in [0.4, 0.5) is 0 Å². The average Bonchev–Trinajstić information content (AvgIpc) is 2.14. The minimum atomic E-state index is 0. The average molecular weight is 262 g/mol. The summed E-state index contributed by atoms with van der Waals surface area (Å²) >= 11 is 5.75. The van der Waals surface area contributed by atoms with Gasteiger partial charge >= 0.3 is 0 Å². The molecular weight excluding hydrogens is 245 g/mol. The predicted molar refractivity (Wildman–Crippen MR) is 63.3 cm³/mol. The molecule has 16 heavy (non-hydrogen) atoms. The van der Waals surface area contributed by atoms with Gasteiger partial charge in [0, 0.05) is 10.6 Å². The number of hydrogen-bond donors (Lipinski definition) is 0. The van der Waals surface area contributed by atoms with Crippen LogP contribution in [0.25, 0.3) is 0 Å². The topological polar surface area (TPSA) is 17.1 Å². The first kappa shape index (κ1) is 15.4. The summed E-state index contributed by atoms with van der Waals surface area (Å²) in [6, 6.07) is 7.06. The van der Waals surface area contributed by atoms with E-state index in [0.717, 1.165) is 16.6 Å². The summed E-state index contributed by atoms with van der Waals surface area (Å²) in [6.45, 7) is 0.849. The predicted octanol–water partition coefficient (Wildman–Crippen LogP) is -0.377. The van der Waals surface area contributed by atoms with E-state index in [1.165, 1.54) is 0 Å². The van der Waals surface area contributed by atoms with Gasteiger partial charge in [0.15, 0.2) is 5.78 Å². The number of carbonyl (C=O) groups is 1. The van der Waals surface area contributed by atoms with Crippen molar-refractivity contribution in [2.45, 2.75) is 6.42 Å². The highest BCUT2D eigenvalue weighted by atomic mass is 35.5. The Morgan fingerprint density at radius 3 is 2.12 bits per heavy atom. The highest BCUT2D eigenvalue weighted by molar-refractivity contribution is 6.30. The first-order valence-corrected chi connectivity index (χ1v) is 5.35. The largest absolute Gasteiger partial charge is 1.00 e. The Hall–Kier alpha value is -0.570. The third-order valence-corrected chi connectivity index (χ3v) is 2.43. The number of rotatable bonds is 4. The molecule has 0 spiro atoms. The van der Waals surface area contributed by atoms with Gasteiger partial charge in [0.2, 0.25) is 0 Å². The molecule has 0 aliphatic heterocycles. The molecule has 1 aromatic carbocycles. The molecule has 2 nitrogen and oxygen atoms in total. The van der Waals surface area contributed by atoms with Crippen LogP contribution in [0.3, 0.4) is 0 Å². The Kier molecular flexibility index (Phi) is 6.01. The van der Waals surface area contributed by atoms with Gasteiger partial charge in [-0.25, -0.2) is 0 Å². The lowest BCUT2D eigenvalue weighted by atomic mass is 10.1. The van der Waals surface area contributed by atoms with E-state index in [9.17, 15) is 4.79 Å². The van der Waals surface area contributed by atoms with Gasteiger partial charge in [0.25, 0.3) is 0 Å². The van der Waals surface area contributed by atoms with Crippen molar-refractivity contribution in [3.8, 4) is 0 Å². The summed E-state index contributed by atoms with van der Waals surface area (Å²) in [5, 5.41) is 0.665. The van der Waals surface area contributed by atoms with E-state index in [2.05, 4.69) is 21.1 Å². The smallest absolute Gasteiger partial charge is 0.168 e. The van der Waals surface area contributed by atoms with E-state index in [1.54, 1.807) is 24.3 Å². The molecule has 4 heteroatoms. The number of benzene rings is 1. The molecule has 0 saturated carbocycles. The third-order valence-electron chi connectivity index (χ3n) is 2.18. The standard InChI is InChI=1S/C12H17ClNO.ClH/c1-14(2,3)9-8-12(15)10-4-6-11(13)7-5-10;/h4-7H,8-9H2,1-3H3;1H/q+1;/p-1. The minimum absolute atomic E-state index is 0. The van der Waals surface area contributed by atoms with Gasteiger partial charge in [0.05, 0.1) is 34.1 Å². The molecule has 0 atom stereocenters. The molecule has 0 N–H and O–H groups in total. The summed E-state index contributed by atoms with van der Waals surface area (Å²) in [5.41, 5.74) is 0.743. The fraction of sp³-hybridized carbons (Fsp3) is 0.417. The van der Waals surface area contributed by atoms with Crippen LogP contribution in [0.2, 0.25) is 5.02 Å². The van der Waals surface area contributed by atoms with E-state index in [0.29, 0.717) is 11.4 Å². The number of ketones is 1. The second kappa shape index (κ2) is 6.24. The van der Waals surface area contributed by atoms with Crippen molar-refractivity contribution in [3.63, 3.8) is 0 Å². The Bertz CT molecular complexity index is 341. The third kappa shape index (κ3) is 5.50. The van der Waals surface area contributed by atoms with Crippen LogP contribution in [0, 0.1) is 0 Å². The minimum Gasteiger partial charge on any atom is -1.00 e. The van der Waals surface area contributed by atoms with Crippen molar-refractivity contribution in [2.24, 2.45) is 0 Å². The van der Waals surface area contributed by atoms with Gasteiger partial charge in [-0.2, -0.15) is 0 Å². The summed E-state index contributed by atoms with van der Waals surface area (Å²) in [7, 11) is 6.24. The number of quaternary nitrogens is 1. The van der Waals surface area contributed by atoms with Crippen molar-refractivity contribution in [3.05, 3.63) is 34.9 Å². The van der Waals surface area contributed by atoms with Crippen LogP contribution >= 0.6 is 11.6 Å². The van der Waals surface area contributed by atoms with Gasteiger partial charge < -0.3 is 16.9 Å². The van der Waals surface area contributed by atoms with Crippen LogP contribution in [-0.2, 0) is 0 Å². The molecule has 0 amide bonds. The van der Waals surface area contributed by atoms with Crippen molar-refractivity contribution in [1.82, 2.24) is 0 Å². The molecule has 0 radical (unpaired) electrons.